The monoisotopic (exact) mass is 281 g/mol. The molecule has 5 nitrogen and oxygen atoms in total. The molecule has 112 valence electrons. The van der Waals surface area contributed by atoms with Crippen LogP contribution < -0.4 is 10.1 Å². The first kappa shape index (κ1) is 16.3. The van der Waals surface area contributed by atoms with Gasteiger partial charge in [0.05, 0.1) is 14.2 Å². The molecule has 0 aliphatic heterocycles. The number of hydrogen-bond acceptors (Lipinski definition) is 5. The minimum atomic E-state index is -0.353. The second-order valence-corrected chi connectivity index (χ2v) is 4.77. The maximum absolute atomic E-state index is 11.7. The average Bonchev–Trinajstić information content (AvgIpc) is 2.46. The number of phenolic OH excluding ortho intramolecular Hbond substituents is 1. The van der Waals surface area contributed by atoms with Gasteiger partial charge in [-0.2, -0.15) is 0 Å². The van der Waals surface area contributed by atoms with Gasteiger partial charge in [0.15, 0.2) is 11.5 Å². The number of methoxy groups -OCH3 is 2. The van der Waals surface area contributed by atoms with Crippen molar-refractivity contribution >= 4 is 5.97 Å². The summed E-state index contributed by atoms with van der Waals surface area (Å²) >= 11 is 0. The van der Waals surface area contributed by atoms with E-state index < -0.39 is 0 Å². The van der Waals surface area contributed by atoms with Crippen LogP contribution in [0.2, 0.25) is 0 Å². The van der Waals surface area contributed by atoms with Gasteiger partial charge < -0.3 is 19.9 Å². The Kier molecular flexibility index (Phi) is 6.31. The SMILES string of the molecule is CCC(C)C(NCc1ccc(OC)c(O)c1)C(=O)OC. The Labute approximate surface area is 119 Å². The van der Waals surface area contributed by atoms with Crippen molar-refractivity contribution in [3.05, 3.63) is 23.8 Å². The van der Waals surface area contributed by atoms with E-state index in [4.69, 9.17) is 9.47 Å². The lowest BCUT2D eigenvalue weighted by molar-refractivity contribution is -0.144. The van der Waals surface area contributed by atoms with Crippen LogP contribution in [0.15, 0.2) is 18.2 Å². The number of rotatable bonds is 7. The number of carbonyl (C=O) groups is 1. The van der Waals surface area contributed by atoms with Crippen LogP contribution in [0, 0.1) is 5.92 Å². The van der Waals surface area contributed by atoms with Gasteiger partial charge >= 0.3 is 5.97 Å². The van der Waals surface area contributed by atoms with Gasteiger partial charge in [0.2, 0.25) is 0 Å². The molecule has 1 rings (SSSR count). The van der Waals surface area contributed by atoms with Crippen molar-refractivity contribution in [2.24, 2.45) is 5.92 Å². The van der Waals surface area contributed by atoms with Crippen molar-refractivity contribution in [2.75, 3.05) is 14.2 Å². The smallest absolute Gasteiger partial charge is 0.323 e. The zero-order valence-corrected chi connectivity index (χ0v) is 12.5. The standard InChI is InChI=1S/C15H23NO4/c1-5-10(2)14(15(18)20-4)16-9-11-6-7-13(19-3)12(17)8-11/h6-8,10,14,16-17H,5,9H2,1-4H3. The molecule has 0 bridgehead atoms. The normalized spacial score (nSPS) is 13.6. The third kappa shape index (κ3) is 4.13. The van der Waals surface area contributed by atoms with Crippen molar-refractivity contribution in [2.45, 2.75) is 32.9 Å². The number of nitrogens with one attached hydrogen (secondary N) is 1. The van der Waals surface area contributed by atoms with Gasteiger partial charge in [-0.1, -0.05) is 26.3 Å². The van der Waals surface area contributed by atoms with E-state index in [1.165, 1.54) is 14.2 Å². The highest BCUT2D eigenvalue weighted by Gasteiger charge is 2.24. The molecule has 0 radical (unpaired) electrons. The van der Waals surface area contributed by atoms with Crippen LogP contribution in [-0.4, -0.2) is 31.3 Å². The first-order valence-electron chi connectivity index (χ1n) is 6.70. The van der Waals surface area contributed by atoms with E-state index in [2.05, 4.69) is 5.32 Å². The molecule has 2 unspecified atom stereocenters. The number of esters is 1. The summed E-state index contributed by atoms with van der Waals surface area (Å²) in [6.07, 6.45) is 0.876. The highest BCUT2D eigenvalue weighted by Crippen LogP contribution is 2.26. The van der Waals surface area contributed by atoms with E-state index >= 15 is 0 Å². The molecule has 0 amide bonds. The quantitative estimate of drug-likeness (QED) is 0.749. The topological polar surface area (TPSA) is 67.8 Å². The molecule has 0 saturated carbocycles. The van der Waals surface area contributed by atoms with Gasteiger partial charge in [-0.15, -0.1) is 0 Å². The maximum atomic E-state index is 11.7. The summed E-state index contributed by atoms with van der Waals surface area (Å²) in [6, 6.07) is 4.81. The number of hydrogen-bond donors (Lipinski definition) is 2. The lowest BCUT2D eigenvalue weighted by atomic mass is 9.99. The fourth-order valence-corrected chi connectivity index (χ4v) is 1.95. The third-order valence-corrected chi connectivity index (χ3v) is 3.44. The lowest BCUT2D eigenvalue weighted by Crippen LogP contribution is -2.42. The number of aromatic hydroxyl groups is 1. The summed E-state index contributed by atoms with van der Waals surface area (Å²) < 4.78 is 9.81. The number of phenols is 1. The molecule has 20 heavy (non-hydrogen) atoms. The zero-order chi connectivity index (χ0) is 15.1. The fourth-order valence-electron chi connectivity index (χ4n) is 1.95. The number of ether oxygens (including phenoxy) is 2. The average molecular weight is 281 g/mol. The molecule has 0 aliphatic rings. The van der Waals surface area contributed by atoms with Gasteiger partial charge in [0.1, 0.15) is 6.04 Å². The highest BCUT2D eigenvalue weighted by atomic mass is 16.5. The second kappa shape index (κ2) is 7.75. The van der Waals surface area contributed by atoms with Crippen molar-refractivity contribution in [1.82, 2.24) is 5.32 Å². The van der Waals surface area contributed by atoms with Gasteiger partial charge in [-0.3, -0.25) is 4.79 Å². The van der Waals surface area contributed by atoms with E-state index in [1.807, 2.05) is 19.9 Å². The predicted molar refractivity (Wildman–Crippen MR) is 76.8 cm³/mol. The molecule has 0 heterocycles. The minimum Gasteiger partial charge on any atom is -0.504 e. The van der Waals surface area contributed by atoms with E-state index in [9.17, 15) is 9.90 Å². The number of benzene rings is 1. The van der Waals surface area contributed by atoms with Crippen LogP contribution in [0.1, 0.15) is 25.8 Å². The maximum Gasteiger partial charge on any atom is 0.323 e. The van der Waals surface area contributed by atoms with Crippen molar-refractivity contribution in [3.63, 3.8) is 0 Å². The summed E-state index contributed by atoms with van der Waals surface area (Å²) in [4.78, 5) is 11.7. The molecule has 0 spiro atoms. The minimum absolute atomic E-state index is 0.0879. The van der Waals surface area contributed by atoms with Gasteiger partial charge in [0.25, 0.3) is 0 Å². The van der Waals surface area contributed by atoms with E-state index in [1.54, 1.807) is 12.1 Å². The first-order valence-corrected chi connectivity index (χ1v) is 6.70. The summed E-state index contributed by atoms with van der Waals surface area (Å²) in [5.41, 5.74) is 0.875. The highest BCUT2D eigenvalue weighted by molar-refractivity contribution is 5.76. The van der Waals surface area contributed by atoms with Crippen LogP contribution >= 0.6 is 0 Å². The van der Waals surface area contributed by atoms with Gasteiger partial charge in [0, 0.05) is 6.54 Å². The van der Waals surface area contributed by atoms with Crippen molar-refractivity contribution in [3.8, 4) is 11.5 Å². The molecule has 2 N–H and O–H groups in total. The van der Waals surface area contributed by atoms with Crippen molar-refractivity contribution in [1.29, 1.82) is 0 Å². The lowest BCUT2D eigenvalue weighted by Gasteiger charge is -2.22. The summed E-state index contributed by atoms with van der Waals surface area (Å²) in [7, 11) is 2.89. The van der Waals surface area contributed by atoms with Crippen LogP contribution in [0.3, 0.4) is 0 Å². The van der Waals surface area contributed by atoms with E-state index in [0.29, 0.717) is 12.3 Å². The molecule has 0 aliphatic carbocycles. The van der Waals surface area contributed by atoms with Crippen LogP contribution in [-0.2, 0) is 16.1 Å². The van der Waals surface area contributed by atoms with Gasteiger partial charge in [-0.05, 0) is 23.6 Å². The first-order chi connectivity index (χ1) is 9.53. The Morgan fingerprint density at radius 1 is 1.40 bits per heavy atom. The van der Waals surface area contributed by atoms with Crippen LogP contribution in [0.4, 0.5) is 0 Å². The Morgan fingerprint density at radius 3 is 2.60 bits per heavy atom. The van der Waals surface area contributed by atoms with E-state index in [-0.39, 0.29) is 23.7 Å². The molecule has 5 heteroatoms. The molecular formula is C15H23NO4. The Morgan fingerprint density at radius 2 is 2.10 bits per heavy atom. The van der Waals surface area contributed by atoms with Crippen molar-refractivity contribution < 1.29 is 19.4 Å². The summed E-state index contributed by atoms with van der Waals surface area (Å²) in [5.74, 6) is 0.427. The molecule has 1 aromatic carbocycles. The summed E-state index contributed by atoms with van der Waals surface area (Å²) in [5, 5.41) is 12.9. The van der Waals surface area contributed by atoms with Gasteiger partial charge in [-0.25, -0.2) is 0 Å². The Hall–Kier alpha value is -1.75. The fraction of sp³-hybridized carbons (Fsp3) is 0.533. The molecule has 2 atom stereocenters. The van der Waals surface area contributed by atoms with Crippen LogP contribution in [0.25, 0.3) is 0 Å². The molecular weight excluding hydrogens is 258 g/mol. The molecule has 1 aromatic rings. The van der Waals surface area contributed by atoms with Crippen LogP contribution in [0.5, 0.6) is 11.5 Å². The van der Waals surface area contributed by atoms with E-state index in [0.717, 1.165) is 12.0 Å². The predicted octanol–water partition coefficient (Wildman–Crippen LogP) is 2.08. The molecule has 0 fully saturated rings. The molecule has 0 aromatic heterocycles. The third-order valence-electron chi connectivity index (χ3n) is 3.44. The number of carbonyl (C=O) groups excluding carboxylic acids is 1. The Bertz CT molecular complexity index is 447. The summed E-state index contributed by atoms with van der Waals surface area (Å²) in [6.45, 7) is 4.50. The Balaban J connectivity index is 2.72. The molecule has 0 saturated heterocycles. The second-order valence-electron chi connectivity index (χ2n) is 4.77. The largest absolute Gasteiger partial charge is 0.504 e. The zero-order valence-electron chi connectivity index (χ0n) is 12.5.